The summed E-state index contributed by atoms with van der Waals surface area (Å²) in [5.41, 5.74) is 1.52. The van der Waals surface area contributed by atoms with Gasteiger partial charge in [0.1, 0.15) is 5.75 Å². The molecule has 3 rings (SSSR count). The van der Waals surface area contributed by atoms with Gasteiger partial charge in [0, 0.05) is 23.2 Å². The summed E-state index contributed by atoms with van der Waals surface area (Å²) in [4.78, 5) is 23.7. The SMILES string of the molecule is COc1ccc(NC(C)=O)cc1NC(=O)CSc1nnc(-c2ccc(Cl)cc2Cl)n1N. The number of nitrogen functional groups attached to an aromatic ring is 1. The molecule has 1 aromatic heterocycles. The maximum absolute atomic E-state index is 12.5. The molecule has 0 aliphatic rings. The predicted molar refractivity (Wildman–Crippen MR) is 122 cm³/mol. The second-order valence-electron chi connectivity index (χ2n) is 6.23. The molecular weight excluding hydrogens is 463 g/mol. The molecule has 4 N–H and O–H groups in total. The van der Waals surface area contributed by atoms with Gasteiger partial charge in [0.2, 0.25) is 17.0 Å². The van der Waals surface area contributed by atoms with Gasteiger partial charge in [0.05, 0.1) is 23.6 Å². The van der Waals surface area contributed by atoms with Gasteiger partial charge in [-0.3, -0.25) is 9.59 Å². The van der Waals surface area contributed by atoms with E-state index in [0.29, 0.717) is 43.7 Å². The Labute approximate surface area is 192 Å². The van der Waals surface area contributed by atoms with Crippen molar-refractivity contribution < 1.29 is 14.3 Å². The number of hydrogen-bond acceptors (Lipinski definition) is 7. The first-order valence-electron chi connectivity index (χ1n) is 8.82. The van der Waals surface area contributed by atoms with Gasteiger partial charge >= 0.3 is 0 Å². The fraction of sp³-hybridized carbons (Fsp3) is 0.158. The molecule has 31 heavy (non-hydrogen) atoms. The second-order valence-corrected chi connectivity index (χ2v) is 8.02. The van der Waals surface area contributed by atoms with Crippen molar-refractivity contribution in [1.82, 2.24) is 14.9 Å². The summed E-state index contributed by atoms with van der Waals surface area (Å²) < 4.78 is 6.51. The number of hydrogen-bond donors (Lipinski definition) is 3. The Balaban J connectivity index is 1.69. The third-order valence-corrected chi connectivity index (χ3v) is 5.45. The third kappa shape index (κ3) is 5.60. The molecule has 162 valence electrons. The number of anilines is 2. The van der Waals surface area contributed by atoms with Crippen LogP contribution in [0, 0.1) is 0 Å². The predicted octanol–water partition coefficient (Wildman–Crippen LogP) is 3.66. The smallest absolute Gasteiger partial charge is 0.234 e. The van der Waals surface area contributed by atoms with Gasteiger partial charge in [-0.15, -0.1) is 10.2 Å². The van der Waals surface area contributed by atoms with Gasteiger partial charge in [0.25, 0.3) is 0 Å². The van der Waals surface area contributed by atoms with Gasteiger partial charge in [0.15, 0.2) is 5.82 Å². The fourth-order valence-electron chi connectivity index (χ4n) is 2.63. The molecule has 0 radical (unpaired) electrons. The zero-order chi connectivity index (χ0) is 22.5. The topological polar surface area (TPSA) is 124 Å². The van der Waals surface area contributed by atoms with Crippen molar-refractivity contribution in [2.24, 2.45) is 0 Å². The molecule has 3 aromatic rings. The molecule has 9 nitrogen and oxygen atoms in total. The van der Waals surface area contributed by atoms with Crippen LogP contribution in [0.15, 0.2) is 41.6 Å². The van der Waals surface area contributed by atoms with E-state index in [0.717, 1.165) is 11.8 Å². The number of benzene rings is 2. The average Bonchev–Trinajstić information content (AvgIpc) is 3.06. The van der Waals surface area contributed by atoms with Crippen LogP contribution in [0.4, 0.5) is 11.4 Å². The largest absolute Gasteiger partial charge is 0.495 e. The number of nitrogens with two attached hydrogens (primary N) is 1. The number of nitrogens with zero attached hydrogens (tertiary/aromatic N) is 3. The Morgan fingerprint density at radius 3 is 2.61 bits per heavy atom. The summed E-state index contributed by atoms with van der Waals surface area (Å²) in [6, 6.07) is 9.86. The number of halogens is 2. The number of thioether (sulfide) groups is 1. The van der Waals surface area contributed by atoms with E-state index >= 15 is 0 Å². The lowest BCUT2D eigenvalue weighted by Crippen LogP contribution is -2.17. The van der Waals surface area contributed by atoms with Crippen molar-refractivity contribution in [1.29, 1.82) is 0 Å². The normalized spacial score (nSPS) is 10.6. The first-order chi connectivity index (χ1) is 14.8. The molecule has 0 aliphatic carbocycles. The van der Waals surface area contributed by atoms with Crippen LogP contribution < -0.4 is 21.2 Å². The summed E-state index contributed by atoms with van der Waals surface area (Å²) in [5, 5.41) is 14.7. The van der Waals surface area contributed by atoms with Crippen LogP contribution in [0.25, 0.3) is 11.4 Å². The van der Waals surface area contributed by atoms with Gasteiger partial charge < -0.3 is 21.2 Å². The molecule has 0 spiro atoms. The van der Waals surface area contributed by atoms with Gasteiger partial charge in [-0.2, -0.15) is 0 Å². The molecule has 12 heteroatoms. The number of ether oxygens (including phenoxy) is 1. The van der Waals surface area contributed by atoms with Gasteiger partial charge in [-0.25, -0.2) is 4.68 Å². The molecular formula is C19H18Cl2N6O3S. The van der Waals surface area contributed by atoms with E-state index in [1.54, 1.807) is 36.4 Å². The minimum Gasteiger partial charge on any atom is -0.495 e. The van der Waals surface area contributed by atoms with Crippen molar-refractivity contribution in [2.45, 2.75) is 12.1 Å². The fourth-order valence-corrected chi connectivity index (χ4v) is 3.78. The van der Waals surface area contributed by atoms with Crippen LogP contribution in [0.1, 0.15) is 6.92 Å². The van der Waals surface area contributed by atoms with Crippen molar-refractivity contribution in [2.75, 3.05) is 29.3 Å². The Kier molecular flexibility index (Phi) is 7.26. The van der Waals surface area contributed by atoms with E-state index in [9.17, 15) is 9.59 Å². The zero-order valence-electron chi connectivity index (χ0n) is 16.5. The quantitative estimate of drug-likeness (QED) is 0.348. The molecule has 0 fully saturated rings. The molecule has 1 heterocycles. The van der Waals surface area contributed by atoms with Crippen LogP contribution in [-0.4, -0.2) is 39.6 Å². The molecule has 0 saturated carbocycles. The average molecular weight is 481 g/mol. The van der Waals surface area contributed by atoms with E-state index < -0.39 is 0 Å². The standard InChI is InChI=1S/C19H18Cl2N6O3S/c1-10(28)23-12-4-6-16(30-2)15(8-12)24-17(29)9-31-19-26-25-18(27(19)22)13-5-3-11(20)7-14(13)21/h3-8H,9,22H2,1-2H3,(H,23,28)(H,24,29). The minimum atomic E-state index is -0.322. The number of methoxy groups -OCH3 is 1. The highest BCUT2D eigenvalue weighted by atomic mass is 35.5. The Hall–Kier alpha value is -2.95. The van der Waals surface area contributed by atoms with Gasteiger partial charge in [-0.05, 0) is 36.4 Å². The number of amides is 2. The Morgan fingerprint density at radius 1 is 1.16 bits per heavy atom. The highest BCUT2D eigenvalue weighted by Gasteiger charge is 2.17. The number of carbonyl (C=O) groups is 2. The summed E-state index contributed by atoms with van der Waals surface area (Å²) in [6.45, 7) is 1.40. The number of carbonyl (C=O) groups excluding carboxylic acids is 2. The number of rotatable bonds is 7. The van der Waals surface area contributed by atoms with Crippen molar-refractivity contribution in [3.8, 4) is 17.1 Å². The van der Waals surface area contributed by atoms with Crippen LogP contribution in [-0.2, 0) is 9.59 Å². The maximum atomic E-state index is 12.5. The molecule has 2 aromatic carbocycles. The van der Waals surface area contributed by atoms with Crippen molar-refractivity contribution >= 4 is 58.2 Å². The van der Waals surface area contributed by atoms with E-state index in [-0.39, 0.29) is 17.6 Å². The summed E-state index contributed by atoms with van der Waals surface area (Å²) in [6.07, 6.45) is 0. The summed E-state index contributed by atoms with van der Waals surface area (Å²) in [7, 11) is 1.48. The second kappa shape index (κ2) is 9.90. The summed E-state index contributed by atoms with van der Waals surface area (Å²) >= 11 is 13.2. The monoisotopic (exact) mass is 480 g/mol. The minimum absolute atomic E-state index is 0.0111. The van der Waals surface area contributed by atoms with E-state index in [1.807, 2.05) is 0 Å². The van der Waals surface area contributed by atoms with Crippen LogP contribution >= 0.6 is 35.0 Å². The molecule has 2 amide bonds. The molecule has 0 saturated heterocycles. The summed E-state index contributed by atoms with van der Waals surface area (Å²) in [5.74, 6) is 6.34. The number of aromatic nitrogens is 3. The zero-order valence-corrected chi connectivity index (χ0v) is 18.8. The van der Waals surface area contributed by atoms with E-state index in [2.05, 4.69) is 20.8 Å². The van der Waals surface area contributed by atoms with Crippen LogP contribution in [0.2, 0.25) is 10.0 Å². The van der Waals surface area contributed by atoms with E-state index in [4.69, 9.17) is 33.8 Å². The van der Waals surface area contributed by atoms with Crippen molar-refractivity contribution in [3.63, 3.8) is 0 Å². The maximum Gasteiger partial charge on any atom is 0.234 e. The number of nitrogens with one attached hydrogen (secondary N) is 2. The first-order valence-corrected chi connectivity index (χ1v) is 10.6. The van der Waals surface area contributed by atoms with E-state index in [1.165, 1.54) is 18.7 Å². The van der Waals surface area contributed by atoms with Crippen molar-refractivity contribution in [3.05, 3.63) is 46.4 Å². The highest BCUT2D eigenvalue weighted by molar-refractivity contribution is 7.99. The third-order valence-electron chi connectivity index (χ3n) is 3.96. The Bertz CT molecular complexity index is 1140. The Morgan fingerprint density at radius 2 is 1.94 bits per heavy atom. The lowest BCUT2D eigenvalue weighted by molar-refractivity contribution is -0.114. The van der Waals surface area contributed by atoms with Crippen LogP contribution in [0.5, 0.6) is 5.75 Å². The first kappa shape index (κ1) is 22.7. The highest BCUT2D eigenvalue weighted by Crippen LogP contribution is 2.31. The molecule has 0 unspecified atom stereocenters. The van der Waals surface area contributed by atoms with Gasteiger partial charge in [-0.1, -0.05) is 35.0 Å². The molecule has 0 atom stereocenters. The molecule has 0 aliphatic heterocycles. The lowest BCUT2D eigenvalue weighted by atomic mass is 10.2. The van der Waals surface area contributed by atoms with Crippen LogP contribution in [0.3, 0.4) is 0 Å². The molecule has 0 bridgehead atoms. The lowest BCUT2D eigenvalue weighted by Gasteiger charge is -2.12.